The van der Waals surface area contributed by atoms with E-state index in [0.717, 1.165) is 9.87 Å². The van der Waals surface area contributed by atoms with E-state index in [1.165, 1.54) is 26.2 Å². The van der Waals surface area contributed by atoms with E-state index in [9.17, 15) is 18.3 Å². The van der Waals surface area contributed by atoms with Crippen LogP contribution in [0.5, 0.6) is 0 Å². The van der Waals surface area contributed by atoms with Gasteiger partial charge in [0.2, 0.25) is 15.9 Å². The molecule has 142 valence electrons. The number of rotatable bonds is 6. The van der Waals surface area contributed by atoms with Gasteiger partial charge in [-0.3, -0.25) is 4.79 Å². The normalized spacial score (nSPS) is 21.6. The maximum atomic E-state index is 12.3. The van der Waals surface area contributed by atoms with Gasteiger partial charge in [-0.15, -0.1) is 12.4 Å². The molecule has 1 aromatic rings. The fourth-order valence-electron chi connectivity index (χ4n) is 2.60. The zero-order valence-electron chi connectivity index (χ0n) is 14.6. The van der Waals surface area contributed by atoms with Crippen molar-refractivity contribution in [3.05, 3.63) is 29.8 Å². The Kier molecular flexibility index (Phi) is 7.83. The molecule has 1 fully saturated rings. The Balaban J connectivity index is 0.00000312. The van der Waals surface area contributed by atoms with E-state index >= 15 is 0 Å². The van der Waals surface area contributed by atoms with E-state index < -0.39 is 22.0 Å². The molecule has 0 spiro atoms. The van der Waals surface area contributed by atoms with E-state index in [1.54, 1.807) is 19.1 Å². The van der Waals surface area contributed by atoms with E-state index in [0.29, 0.717) is 19.6 Å². The Morgan fingerprint density at radius 3 is 2.40 bits per heavy atom. The summed E-state index contributed by atoms with van der Waals surface area (Å²) in [6.07, 6.45) is -0.434. The van der Waals surface area contributed by atoms with E-state index in [1.807, 2.05) is 0 Å². The van der Waals surface area contributed by atoms with Gasteiger partial charge in [-0.2, -0.15) is 0 Å². The molecular weight excluding hydrogens is 366 g/mol. The molecular formula is C16H26ClN3O4S. The summed E-state index contributed by atoms with van der Waals surface area (Å²) in [6.45, 7) is 3.43. The number of halogens is 1. The fraction of sp³-hybridized carbons (Fsp3) is 0.562. The number of carbonyl (C=O) groups is 1. The van der Waals surface area contributed by atoms with E-state index in [4.69, 9.17) is 0 Å². The SMILES string of the molecule is CC(C(=O)NCC1CNCC1O)c1ccc(S(=O)(=O)N(C)C)cc1.Cl. The molecule has 1 saturated heterocycles. The number of aliphatic hydroxyl groups excluding tert-OH is 1. The monoisotopic (exact) mass is 391 g/mol. The summed E-state index contributed by atoms with van der Waals surface area (Å²) >= 11 is 0. The first-order valence-electron chi connectivity index (χ1n) is 7.92. The van der Waals surface area contributed by atoms with Crippen LogP contribution in [0.1, 0.15) is 18.4 Å². The van der Waals surface area contributed by atoms with Gasteiger partial charge in [0.05, 0.1) is 16.9 Å². The van der Waals surface area contributed by atoms with Gasteiger partial charge >= 0.3 is 0 Å². The number of nitrogens with zero attached hydrogens (tertiary/aromatic N) is 1. The molecule has 0 aliphatic carbocycles. The van der Waals surface area contributed by atoms with Gasteiger partial charge in [-0.1, -0.05) is 12.1 Å². The molecule has 1 aliphatic heterocycles. The number of sulfonamides is 1. The fourth-order valence-corrected chi connectivity index (χ4v) is 3.50. The largest absolute Gasteiger partial charge is 0.391 e. The highest BCUT2D eigenvalue weighted by Crippen LogP contribution is 2.20. The van der Waals surface area contributed by atoms with Crippen LogP contribution in [-0.4, -0.2) is 63.6 Å². The summed E-state index contributed by atoms with van der Waals surface area (Å²) in [4.78, 5) is 12.5. The standard InChI is InChI=1S/C16H25N3O4S.ClH/c1-11(16(21)18-9-13-8-17-10-15(13)20)12-4-6-14(7-5-12)24(22,23)19(2)3;/h4-7,11,13,15,17,20H,8-10H2,1-3H3,(H,18,21);1H. The molecule has 0 aromatic heterocycles. The molecule has 1 heterocycles. The highest BCUT2D eigenvalue weighted by molar-refractivity contribution is 7.89. The number of aliphatic hydroxyl groups is 1. The third-order valence-corrected chi connectivity index (χ3v) is 6.22. The van der Waals surface area contributed by atoms with Gasteiger partial charge in [-0.25, -0.2) is 12.7 Å². The van der Waals surface area contributed by atoms with Gasteiger partial charge in [0.25, 0.3) is 0 Å². The second kappa shape index (κ2) is 8.95. The van der Waals surface area contributed by atoms with E-state index in [2.05, 4.69) is 10.6 Å². The number of carbonyl (C=O) groups excluding carboxylic acids is 1. The minimum Gasteiger partial charge on any atom is -0.391 e. The Labute approximate surface area is 155 Å². The van der Waals surface area contributed by atoms with Crippen molar-refractivity contribution in [2.75, 3.05) is 33.7 Å². The lowest BCUT2D eigenvalue weighted by Crippen LogP contribution is -2.36. The predicted octanol–water partition coefficient (Wildman–Crippen LogP) is 0.159. The maximum absolute atomic E-state index is 12.3. The van der Waals surface area contributed by atoms with Crippen LogP contribution in [0.2, 0.25) is 0 Å². The van der Waals surface area contributed by atoms with Crippen molar-refractivity contribution in [2.24, 2.45) is 5.92 Å². The van der Waals surface area contributed by atoms with Crippen LogP contribution in [-0.2, 0) is 14.8 Å². The number of β-amino-alcohol motifs (C(OH)–C–C–N with tert-alkyl or cyclic N) is 1. The zero-order chi connectivity index (χ0) is 17.9. The first kappa shape index (κ1) is 21.9. The molecule has 2 rings (SSSR count). The molecule has 0 radical (unpaired) electrons. The lowest BCUT2D eigenvalue weighted by Gasteiger charge is -2.17. The minimum absolute atomic E-state index is 0. The number of nitrogens with one attached hydrogen (secondary N) is 2. The van der Waals surface area contributed by atoms with Crippen molar-refractivity contribution in [3.63, 3.8) is 0 Å². The Morgan fingerprint density at radius 1 is 1.32 bits per heavy atom. The van der Waals surface area contributed by atoms with Crippen molar-refractivity contribution >= 4 is 28.3 Å². The molecule has 3 atom stereocenters. The summed E-state index contributed by atoms with van der Waals surface area (Å²) in [5.41, 5.74) is 0.746. The third kappa shape index (κ3) is 5.15. The van der Waals surface area contributed by atoms with Crippen LogP contribution in [0.4, 0.5) is 0 Å². The summed E-state index contributed by atoms with van der Waals surface area (Å²) in [5, 5.41) is 15.7. The molecule has 3 unspecified atom stereocenters. The van der Waals surface area contributed by atoms with Gasteiger partial charge in [0.1, 0.15) is 0 Å². The molecule has 1 aromatic carbocycles. The Morgan fingerprint density at radius 2 is 1.92 bits per heavy atom. The zero-order valence-corrected chi connectivity index (χ0v) is 16.2. The van der Waals surface area contributed by atoms with Crippen molar-refractivity contribution in [2.45, 2.75) is 23.8 Å². The van der Waals surface area contributed by atoms with Gasteiger partial charge < -0.3 is 15.7 Å². The molecule has 1 aliphatic rings. The van der Waals surface area contributed by atoms with Crippen LogP contribution in [0.25, 0.3) is 0 Å². The average molecular weight is 392 g/mol. The first-order valence-corrected chi connectivity index (χ1v) is 9.36. The first-order chi connectivity index (χ1) is 11.2. The summed E-state index contributed by atoms with van der Waals surface area (Å²) in [6, 6.07) is 6.34. The second-order valence-electron chi connectivity index (χ2n) is 6.31. The van der Waals surface area contributed by atoms with Crippen LogP contribution in [0, 0.1) is 5.92 Å². The molecule has 3 N–H and O–H groups in total. The predicted molar refractivity (Wildman–Crippen MR) is 98.4 cm³/mol. The molecule has 7 nitrogen and oxygen atoms in total. The second-order valence-corrected chi connectivity index (χ2v) is 8.46. The van der Waals surface area contributed by atoms with Crippen LogP contribution < -0.4 is 10.6 Å². The van der Waals surface area contributed by atoms with Gasteiger partial charge in [-0.05, 0) is 24.6 Å². The number of amides is 1. The van der Waals surface area contributed by atoms with Gasteiger partial charge in [0, 0.05) is 39.6 Å². The molecule has 0 bridgehead atoms. The lowest BCUT2D eigenvalue weighted by atomic mass is 10.00. The Bertz CT molecular complexity index is 679. The third-order valence-electron chi connectivity index (χ3n) is 4.39. The highest BCUT2D eigenvalue weighted by Gasteiger charge is 2.26. The number of hydrogen-bond acceptors (Lipinski definition) is 5. The molecule has 0 saturated carbocycles. The van der Waals surface area contributed by atoms with Crippen LogP contribution in [0.15, 0.2) is 29.2 Å². The van der Waals surface area contributed by atoms with Crippen molar-refractivity contribution in [3.8, 4) is 0 Å². The number of hydrogen-bond donors (Lipinski definition) is 3. The Hall–Kier alpha value is -1.19. The smallest absolute Gasteiger partial charge is 0.242 e. The van der Waals surface area contributed by atoms with Crippen LogP contribution >= 0.6 is 12.4 Å². The minimum atomic E-state index is -3.47. The maximum Gasteiger partial charge on any atom is 0.242 e. The number of benzene rings is 1. The van der Waals surface area contributed by atoms with Crippen LogP contribution in [0.3, 0.4) is 0 Å². The lowest BCUT2D eigenvalue weighted by molar-refractivity contribution is -0.122. The average Bonchev–Trinajstić information content (AvgIpc) is 2.97. The molecule has 1 amide bonds. The summed E-state index contributed by atoms with van der Waals surface area (Å²) in [7, 11) is -0.513. The highest BCUT2D eigenvalue weighted by atomic mass is 35.5. The summed E-state index contributed by atoms with van der Waals surface area (Å²) < 4.78 is 25.2. The van der Waals surface area contributed by atoms with Crippen molar-refractivity contribution in [1.29, 1.82) is 0 Å². The topological polar surface area (TPSA) is 98.7 Å². The molecule has 25 heavy (non-hydrogen) atoms. The van der Waals surface area contributed by atoms with E-state index in [-0.39, 0.29) is 29.1 Å². The quantitative estimate of drug-likeness (QED) is 0.641. The van der Waals surface area contributed by atoms with Crippen molar-refractivity contribution < 1.29 is 18.3 Å². The van der Waals surface area contributed by atoms with Crippen molar-refractivity contribution in [1.82, 2.24) is 14.9 Å². The molecule has 9 heteroatoms. The van der Waals surface area contributed by atoms with Gasteiger partial charge in [0.15, 0.2) is 0 Å². The summed E-state index contributed by atoms with van der Waals surface area (Å²) in [5.74, 6) is -0.515.